The molecule has 0 radical (unpaired) electrons. The quantitative estimate of drug-likeness (QED) is 0.714. The molecule has 7 heteroatoms. The lowest BCUT2D eigenvalue weighted by Gasteiger charge is -2.27. The van der Waals surface area contributed by atoms with E-state index in [1.165, 1.54) is 18.5 Å². The third kappa shape index (κ3) is 2.87. The van der Waals surface area contributed by atoms with Gasteiger partial charge in [-0.15, -0.1) is 0 Å². The second-order valence-corrected chi connectivity index (χ2v) is 7.34. The van der Waals surface area contributed by atoms with Gasteiger partial charge in [0, 0.05) is 24.1 Å². The van der Waals surface area contributed by atoms with Crippen LogP contribution in [0.2, 0.25) is 0 Å². The molecule has 0 bridgehead atoms. The van der Waals surface area contributed by atoms with Gasteiger partial charge in [0.05, 0.1) is 23.8 Å². The summed E-state index contributed by atoms with van der Waals surface area (Å²) < 4.78 is 15.2. The Balaban J connectivity index is 1.49. The fourth-order valence-corrected chi connectivity index (χ4v) is 4.32. The Kier molecular flexibility index (Phi) is 3.88. The summed E-state index contributed by atoms with van der Waals surface area (Å²) in [4.78, 5) is 23.4. The predicted molar refractivity (Wildman–Crippen MR) is 100 cm³/mol. The van der Waals surface area contributed by atoms with Gasteiger partial charge < -0.3 is 4.90 Å². The van der Waals surface area contributed by atoms with Crippen molar-refractivity contribution in [2.45, 2.75) is 44.7 Å². The lowest BCUT2D eigenvalue weighted by molar-refractivity contribution is 0.482. The van der Waals surface area contributed by atoms with E-state index >= 15 is 0 Å². The molecular formula is C20H20FN5O. The highest BCUT2D eigenvalue weighted by Gasteiger charge is 2.28. The highest BCUT2D eigenvalue weighted by atomic mass is 19.1. The smallest absolute Gasteiger partial charge is 0.267 e. The molecule has 0 N–H and O–H groups in total. The Labute approximate surface area is 155 Å². The minimum absolute atomic E-state index is 0.0304. The van der Waals surface area contributed by atoms with E-state index in [0.29, 0.717) is 12.1 Å². The summed E-state index contributed by atoms with van der Waals surface area (Å²) in [6, 6.07) is 6.48. The highest BCUT2D eigenvalue weighted by Crippen LogP contribution is 2.30. The summed E-state index contributed by atoms with van der Waals surface area (Å²) in [7, 11) is 0. The molecule has 1 atom stereocenters. The van der Waals surface area contributed by atoms with Gasteiger partial charge in [0.15, 0.2) is 0 Å². The molecule has 1 fully saturated rings. The Morgan fingerprint density at radius 2 is 2.07 bits per heavy atom. The van der Waals surface area contributed by atoms with E-state index in [4.69, 9.17) is 0 Å². The number of aromatic nitrogens is 4. The maximum atomic E-state index is 13.5. The van der Waals surface area contributed by atoms with Crippen LogP contribution in [0.3, 0.4) is 0 Å². The van der Waals surface area contributed by atoms with Crippen LogP contribution in [-0.4, -0.2) is 32.3 Å². The summed E-state index contributed by atoms with van der Waals surface area (Å²) in [5.41, 5.74) is 2.72. The summed E-state index contributed by atoms with van der Waals surface area (Å²) in [6.07, 6.45) is 6.45. The maximum absolute atomic E-state index is 13.5. The zero-order valence-electron chi connectivity index (χ0n) is 14.9. The molecule has 0 saturated carbocycles. The van der Waals surface area contributed by atoms with Crippen LogP contribution in [0.1, 0.15) is 30.5 Å². The first kappa shape index (κ1) is 16.4. The van der Waals surface area contributed by atoms with Crippen LogP contribution in [0.15, 0.2) is 35.4 Å². The van der Waals surface area contributed by atoms with Crippen molar-refractivity contribution in [3.05, 3.63) is 58.0 Å². The van der Waals surface area contributed by atoms with Crippen LogP contribution in [-0.2, 0) is 19.4 Å². The molecule has 6 nitrogen and oxygen atoms in total. The molecule has 2 aromatic heterocycles. The average Bonchev–Trinajstić information content (AvgIpc) is 3.30. The molecule has 2 aliphatic rings. The van der Waals surface area contributed by atoms with Crippen molar-refractivity contribution in [3.8, 4) is 0 Å². The van der Waals surface area contributed by atoms with Crippen molar-refractivity contribution in [2.24, 2.45) is 0 Å². The van der Waals surface area contributed by atoms with Crippen LogP contribution in [0.25, 0.3) is 10.9 Å². The van der Waals surface area contributed by atoms with Gasteiger partial charge in [-0.1, -0.05) is 0 Å². The fraction of sp³-hybridized carbons (Fsp3) is 0.400. The first-order chi connectivity index (χ1) is 13.2. The van der Waals surface area contributed by atoms with Crippen LogP contribution in [0.5, 0.6) is 0 Å². The van der Waals surface area contributed by atoms with Crippen molar-refractivity contribution in [1.82, 2.24) is 19.7 Å². The summed E-state index contributed by atoms with van der Waals surface area (Å²) in [6.45, 7) is 1.40. The van der Waals surface area contributed by atoms with Gasteiger partial charge in [-0.05, 0) is 49.8 Å². The van der Waals surface area contributed by atoms with Gasteiger partial charge in [0.2, 0.25) is 0 Å². The normalized spacial score (nSPS) is 19.0. The number of benzene rings is 1. The Morgan fingerprint density at radius 3 is 3.00 bits per heavy atom. The van der Waals surface area contributed by atoms with E-state index in [1.54, 1.807) is 16.8 Å². The number of nitrogens with zero attached hydrogens (tertiary/aromatic N) is 5. The number of hydrogen-bond donors (Lipinski definition) is 0. The van der Waals surface area contributed by atoms with Gasteiger partial charge in [0.1, 0.15) is 18.0 Å². The minimum atomic E-state index is -0.306. The number of anilines is 1. The van der Waals surface area contributed by atoms with Gasteiger partial charge in [-0.3, -0.25) is 4.79 Å². The molecule has 1 aliphatic heterocycles. The monoisotopic (exact) mass is 365 g/mol. The molecule has 27 heavy (non-hydrogen) atoms. The second-order valence-electron chi connectivity index (χ2n) is 7.34. The van der Waals surface area contributed by atoms with Crippen molar-refractivity contribution >= 4 is 16.7 Å². The summed E-state index contributed by atoms with van der Waals surface area (Å²) >= 11 is 0. The van der Waals surface area contributed by atoms with Crippen molar-refractivity contribution in [3.63, 3.8) is 0 Å². The fourth-order valence-electron chi connectivity index (χ4n) is 4.32. The number of aryl methyl sites for hydroxylation is 2. The molecule has 1 unspecified atom stereocenters. The largest absolute Gasteiger partial charge is 0.351 e. The van der Waals surface area contributed by atoms with E-state index in [-0.39, 0.29) is 17.4 Å². The second kappa shape index (κ2) is 6.40. The van der Waals surface area contributed by atoms with Crippen molar-refractivity contribution in [1.29, 1.82) is 0 Å². The molecule has 3 aromatic rings. The lowest BCUT2D eigenvalue weighted by atomic mass is 10.2. The first-order valence-corrected chi connectivity index (χ1v) is 9.46. The van der Waals surface area contributed by atoms with E-state index in [2.05, 4.69) is 20.0 Å². The van der Waals surface area contributed by atoms with Crippen LogP contribution in [0.4, 0.5) is 10.2 Å². The van der Waals surface area contributed by atoms with Gasteiger partial charge >= 0.3 is 0 Å². The Hall–Kier alpha value is -2.83. The van der Waals surface area contributed by atoms with E-state index in [0.717, 1.165) is 61.1 Å². The van der Waals surface area contributed by atoms with E-state index < -0.39 is 0 Å². The van der Waals surface area contributed by atoms with Crippen molar-refractivity contribution in [2.75, 3.05) is 11.4 Å². The molecule has 3 heterocycles. The van der Waals surface area contributed by atoms with Gasteiger partial charge in [-0.25, -0.2) is 19.0 Å². The molecule has 138 valence electrons. The highest BCUT2D eigenvalue weighted by molar-refractivity contribution is 5.89. The number of rotatable bonds is 3. The lowest BCUT2D eigenvalue weighted by Crippen LogP contribution is -2.38. The predicted octanol–water partition coefficient (Wildman–Crippen LogP) is 2.48. The minimum Gasteiger partial charge on any atom is -0.351 e. The van der Waals surface area contributed by atoms with E-state index in [9.17, 15) is 9.18 Å². The number of hydrogen-bond acceptors (Lipinski definition) is 5. The van der Waals surface area contributed by atoms with Crippen LogP contribution < -0.4 is 10.5 Å². The maximum Gasteiger partial charge on any atom is 0.267 e. The molecule has 5 rings (SSSR count). The zero-order valence-corrected chi connectivity index (χ0v) is 14.9. The Morgan fingerprint density at radius 1 is 1.15 bits per heavy atom. The molecule has 1 aromatic carbocycles. The van der Waals surface area contributed by atoms with Gasteiger partial charge in [-0.2, -0.15) is 5.10 Å². The standard InChI is InChI=1S/C20H20FN5O/c21-14-6-7-16-18(10-14)22-12-23-20(16)25-8-2-4-15(25)11-26-19(27)9-13-3-1-5-17(13)24-26/h6-7,9-10,12,15H,1-5,8,11H2. The number of halogens is 1. The van der Waals surface area contributed by atoms with Crippen molar-refractivity contribution < 1.29 is 4.39 Å². The van der Waals surface area contributed by atoms with Crippen LogP contribution >= 0.6 is 0 Å². The third-order valence-corrected chi connectivity index (χ3v) is 5.63. The van der Waals surface area contributed by atoms with E-state index in [1.807, 2.05) is 0 Å². The molecule has 0 amide bonds. The SMILES string of the molecule is O=c1cc2c(nn1CC1CCCN1c1ncnc3cc(F)ccc13)CCC2. The topological polar surface area (TPSA) is 63.9 Å². The van der Waals surface area contributed by atoms with Crippen LogP contribution in [0, 0.1) is 5.82 Å². The Bertz CT molecular complexity index is 1080. The molecule has 0 spiro atoms. The molecule has 1 aliphatic carbocycles. The summed E-state index contributed by atoms with van der Waals surface area (Å²) in [5, 5.41) is 5.45. The molecular weight excluding hydrogens is 345 g/mol. The zero-order chi connectivity index (χ0) is 18.4. The summed E-state index contributed by atoms with van der Waals surface area (Å²) in [5.74, 6) is 0.496. The average molecular weight is 365 g/mol. The molecule has 1 saturated heterocycles. The first-order valence-electron chi connectivity index (χ1n) is 9.46. The number of fused-ring (bicyclic) bond motifs is 2. The van der Waals surface area contributed by atoms with Gasteiger partial charge in [0.25, 0.3) is 5.56 Å². The third-order valence-electron chi connectivity index (χ3n) is 5.63.